The third-order valence-corrected chi connectivity index (χ3v) is 4.63. The van der Waals surface area contributed by atoms with Crippen molar-refractivity contribution in [1.29, 1.82) is 0 Å². The van der Waals surface area contributed by atoms with E-state index in [-0.39, 0.29) is 25.2 Å². The van der Waals surface area contributed by atoms with E-state index in [1.165, 1.54) is 0 Å². The van der Waals surface area contributed by atoms with Gasteiger partial charge in [-0.3, -0.25) is 4.68 Å². The predicted octanol–water partition coefficient (Wildman–Crippen LogP) is 2.96. The first-order valence-corrected chi connectivity index (χ1v) is 8.62. The number of rotatable bonds is 6. The molecule has 0 saturated heterocycles. The Bertz CT molecular complexity index is 727. The average Bonchev–Trinajstić information content (AvgIpc) is 2.81. The topological polar surface area (TPSA) is 70.4 Å². The van der Waals surface area contributed by atoms with Gasteiger partial charge in [-0.2, -0.15) is 5.10 Å². The monoisotopic (exact) mass is 364 g/mol. The fraction of sp³-hybridized carbons (Fsp3) is 0.444. The van der Waals surface area contributed by atoms with Crippen molar-refractivity contribution >= 4 is 17.6 Å². The quantitative estimate of drug-likeness (QED) is 0.827. The number of urea groups is 1. The number of carbonyl (C=O) groups is 1. The fourth-order valence-corrected chi connectivity index (χ4v) is 2.85. The van der Waals surface area contributed by atoms with Crippen LogP contribution in [0, 0.1) is 13.8 Å². The fourth-order valence-electron chi connectivity index (χ4n) is 2.72. The second kappa shape index (κ2) is 8.36. The maximum absolute atomic E-state index is 12.7. The van der Waals surface area contributed by atoms with Gasteiger partial charge in [-0.25, -0.2) is 4.79 Å². The molecule has 2 aromatic rings. The van der Waals surface area contributed by atoms with Crippen molar-refractivity contribution in [1.82, 2.24) is 20.0 Å². The van der Waals surface area contributed by atoms with Crippen molar-refractivity contribution in [2.45, 2.75) is 33.4 Å². The molecule has 0 radical (unpaired) electrons. The minimum atomic E-state index is -0.223. The van der Waals surface area contributed by atoms with Crippen LogP contribution in [0.5, 0.6) is 0 Å². The van der Waals surface area contributed by atoms with Gasteiger partial charge in [-0.15, -0.1) is 0 Å². The normalized spacial score (nSPS) is 12.1. The van der Waals surface area contributed by atoms with E-state index in [0.29, 0.717) is 11.6 Å². The Hall–Kier alpha value is -2.05. The molecular weight excluding hydrogens is 340 g/mol. The second-order valence-corrected chi connectivity index (χ2v) is 6.58. The molecule has 1 heterocycles. The number of amides is 2. The van der Waals surface area contributed by atoms with E-state index in [2.05, 4.69) is 10.4 Å². The van der Waals surface area contributed by atoms with Gasteiger partial charge in [0.25, 0.3) is 0 Å². The van der Waals surface area contributed by atoms with Crippen LogP contribution in [-0.4, -0.2) is 39.0 Å². The number of aliphatic hydroxyl groups is 1. The number of halogens is 1. The molecule has 0 saturated carbocycles. The first-order valence-electron chi connectivity index (χ1n) is 8.24. The highest BCUT2D eigenvalue weighted by Crippen LogP contribution is 2.18. The van der Waals surface area contributed by atoms with Gasteiger partial charge in [-0.05, 0) is 38.5 Å². The van der Waals surface area contributed by atoms with Crippen LogP contribution in [0.2, 0.25) is 5.02 Å². The highest BCUT2D eigenvalue weighted by molar-refractivity contribution is 6.30. The second-order valence-electron chi connectivity index (χ2n) is 6.14. The number of nitrogens with one attached hydrogen (secondary N) is 1. The molecule has 0 spiro atoms. The van der Waals surface area contributed by atoms with Crippen LogP contribution in [0.15, 0.2) is 24.3 Å². The molecule has 1 aromatic heterocycles. The number of aliphatic hydroxyl groups excluding tert-OH is 1. The van der Waals surface area contributed by atoms with E-state index < -0.39 is 0 Å². The van der Waals surface area contributed by atoms with E-state index in [1.54, 1.807) is 21.7 Å². The molecule has 25 heavy (non-hydrogen) atoms. The molecule has 0 unspecified atom stereocenters. The predicted molar refractivity (Wildman–Crippen MR) is 98.6 cm³/mol. The summed E-state index contributed by atoms with van der Waals surface area (Å²) in [5.74, 6) is 0. The molecule has 1 atom stereocenters. The average molecular weight is 365 g/mol. The first kappa shape index (κ1) is 19.3. The van der Waals surface area contributed by atoms with Crippen molar-refractivity contribution in [3.05, 3.63) is 51.8 Å². The lowest BCUT2D eigenvalue weighted by molar-refractivity contribution is 0.171. The molecule has 2 rings (SSSR count). The highest BCUT2D eigenvalue weighted by atomic mass is 35.5. The van der Waals surface area contributed by atoms with Crippen LogP contribution in [0.4, 0.5) is 4.79 Å². The van der Waals surface area contributed by atoms with Gasteiger partial charge in [0, 0.05) is 29.9 Å². The molecule has 0 aliphatic heterocycles. The molecular formula is C18H25ClN4O2. The van der Waals surface area contributed by atoms with Crippen molar-refractivity contribution in [2.24, 2.45) is 7.05 Å². The molecule has 1 aromatic carbocycles. The minimum Gasteiger partial charge on any atom is -0.395 e. The molecule has 2 amide bonds. The van der Waals surface area contributed by atoms with Gasteiger partial charge < -0.3 is 15.3 Å². The van der Waals surface area contributed by atoms with Crippen LogP contribution in [0.1, 0.15) is 35.5 Å². The molecule has 2 N–H and O–H groups in total. The Labute approximate surface area is 153 Å². The van der Waals surface area contributed by atoms with Crippen molar-refractivity contribution in [2.75, 3.05) is 13.2 Å². The lowest BCUT2D eigenvalue weighted by Gasteiger charge is -2.25. The summed E-state index contributed by atoms with van der Waals surface area (Å²) in [6, 6.07) is 6.99. The standard InChI is InChI=1S/C18H25ClN4O2/c1-12(15-5-7-16(19)8-6-15)20-18(25)23(9-10-24)11-17-13(2)21-22(4)14(17)3/h5-8,12,24H,9-11H2,1-4H3,(H,20,25)/t12-/m0/s1. The summed E-state index contributed by atoms with van der Waals surface area (Å²) < 4.78 is 1.80. The first-order chi connectivity index (χ1) is 11.8. The SMILES string of the molecule is Cc1nn(C)c(C)c1CN(CCO)C(=O)N[C@@H](C)c1ccc(Cl)cc1. The minimum absolute atomic E-state index is 0.0961. The Morgan fingerprint density at radius 3 is 2.52 bits per heavy atom. The maximum atomic E-state index is 12.7. The van der Waals surface area contributed by atoms with E-state index in [9.17, 15) is 9.90 Å². The Morgan fingerprint density at radius 1 is 1.36 bits per heavy atom. The van der Waals surface area contributed by atoms with Gasteiger partial charge in [0.05, 0.1) is 24.9 Å². The van der Waals surface area contributed by atoms with Gasteiger partial charge in [0.1, 0.15) is 0 Å². The van der Waals surface area contributed by atoms with Crippen LogP contribution in [0.3, 0.4) is 0 Å². The zero-order valence-electron chi connectivity index (χ0n) is 15.1. The van der Waals surface area contributed by atoms with Crippen molar-refractivity contribution in [3.63, 3.8) is 0 Å². The van der Waals surface area contributed by atoms with E-state index in [1.807, 2.05) is 40.0 Å². The van der Waals surface area contributed by atoms with Gasteiger partial charge >= 0.3 is 6.03 Å². The summed E-state index contributed by atoms with van der Waals surface area (Å²) >= 11 is 5.90. The largest absolute Gasteiger partial charge is 0.395 e. The van der Waals surface area contributed by atoms with Crippen LogP contribution >= 0.6 is 11.6 Å². The van der Waals surface area contributed by atoms with Gasteiger partial charge in [0.15, 0.2) is 0 Å². The third kappa shape index (κ3) is 4.74. The molecule has 0 aliphatic rings. The molecule has 0 bridgehead atoms. The van der Waals surface area contributed by atoms with Crippen LogP contribution < -0.4 is 5.32 Å². The highest BCUT2D eigenvalue weighted by Gasteiger charge is 2.20. The smallest absolute Gasteiger partial charge is 0.318 e. The molecule has 136 valence electrons. The van der Waals surface area contributed by atoms with Crippen molar-refractivity contribution in [3.8, 4) is 0 Å². The lowest BCUT2D eigenvalue weighted by atomic mass is 10.1. The third-order valence-electron chi connectivity index (χ3n) is 4.37. The maximum Gasteiger partial charge on any atom is 0.318 e. The van der Waals surface area contributed by atoms with Gasteiger partial charge in [-0.1, -0.05) is 23.7 Å². The summed E-state index contributed by atoms with van der Waals surface area (Å²) in [5, 5.41) is 17.3. The zero-order valence-corrected chi connectivity index (χ0v) is 15.8. The Balaban J connectivity index is 2.10. The van der Waals surface area contributed by atoms with Gasteiger partial charge in [0.2, 0.25) is 0 Å². The van der Waals surface area contributed by atoms with E-state index in [0.717, 1.165) is 22.5 Å². The number of aromatic nitrogens is 2. The summed E-state index contributed by atoms with van der Waals surface area (Å²) in [6.07, 6.45) is 0. The van der Waals surface area contributed by atoms with Crippen LogP contribution in [0.25, 0.3) is 0 Å². The molecule has 0 fully saturated rings. The summed E-state index contributed by atoms with van der Waals surface area (Å²) in [4.78, 5) is 14.3. The van der Waals surface area contributed by atoms with E-state index >= 15 is 0 Å². The molecule has 6 nitrogen and oxygen atoms in total. The molecule has 0 aliphatic carbocycles. The number of hydrogen-bond donors (Lipinski definition) is 2. The summed E-state index contributed by atoms with van der Waals surface area (Å²) in [6.45, 7) is 6.38. The Morgan fingerprint density at radius 2 is 2.00 bits per heavy atom. The number of carbonyl (C=O) groups excluding carboxylic acids is 1. The summed E-state index contributed by atoms with van der Waals surface area (Å²) in [5.41, 5.74) is 3.88. The lowest BCUT2D eigenvalue weighted by Crippen LogP contribution is -2.42. The van der Waals surface area contributed by atoms with E-state index in [4.69, 9.17) is 11.6 Å². The number of nitrogens with zero attached hydrogens (tertiary/aromatic N) is 3. The number of hydrogen-bond acceptors (Lipinski definition) is 3. The van der Waals surface area contributed by atoms with Crippen LogP contribution in [-0.2, 0) is 13.6 Å². The van der Waals surface area contributed by atoms with Crippen molar-refractivity contribution < 1.29 is 9.90 Å². The molecule has 7 heteroatoms. The number of benzene rings is 1. The summed E-state index contributed by atoms with van der Waals surface area (Å²) in [7, 11) is 1.88. The number of aryl methyl sites for hydroxylation is 2. The zero-order chi connectivity index (χ0) is 18.6. The Kier molecular flexibility index (Phi) is 6.45.